The van der Waals surface area contributed by atoms with Gasteiger partial charge in [-0.05, 0) is 31.9 Å². The van der Waals surface area contributed by atoms with Crippen molar-refractivity contribution in [3.63, 3.8) is 0 Å². The molecular formula is C20H24N2O3S. The van der Waals surface area contributed by atoms with Crippen LogP contribution in [-0.4, -0.2) is 34.9 Å². The summed E-state index contributed by atoms with van der Waals surface area (Å²) in [6, 6.07) is 7.92. The Kier molecular flexibility index (Phi) is 6.04. The number of methoxy groups -OCH3 is 1. The summed E-state index contributed by atoms with van der Waals surface area (Å²) >= 11 is 1.39. The smallest absolute Gasteiger partial charge is 0.357 e. The molecule has 0 N–H and O–H groups in total. The number of hydrogen-bond donors (Lipinski definition) is 0. The normalized spacial score (nSPS) is 14.8. The van der Waals surface area contributed by atoms with Crippen molar-refractivity contribution in [1.29, 1.82) is 0 Å². The van der Waals surface area contributed by atoms with Crippen molar-refractivity contribution in [3.05, 3.63) is 51.5 Å². The number of aromatic nitrogens is 1. The average Bonchev–Trinajstić information content (AvgIpc) is 3.15. The summed E-state index contributed by atoms with van der Waals surface area (Å²) in [5.41, 5.74) is 2.14. The molecule has 1 amide bonds. The van der Waals surface area contributed by atoms with E-state index in [9.17, 15) is 9.59 Å². The van der Waals surface area contributed by atoms with Gasteiger partial charge >= 0.3 is 5.97 Å². The first kappa shape index (κ1) is 18.6. The lowest BCUT2D eigenvalue weighted by Gasteiger charge is -2.34. The molecule has 0 radical (unpaired) electrons. The zero-order chi connectivity index (χ0) is 18.5. The molecule has 3 rings (SSSR count). The minimum absolute atomic E-state index is 0.0340. The molecule has 0 aliphatic heterocycles. The van der Waals surface area contributed by atoms with E-state index in [1.165, 1.54) is 24.9 Å². The van der Waals surface area contributed by atoms with E-state index in [0.29, 0.717) is 17.8 Å². The van der Waals surface area contributed by atoms with Gasteiger partial charge in [0, 0.05) is 17.0 Å². The summed E-state index contributed by atoms with van der Waals surface area (Å²) in [7, 11) is 1.34. The quantitative estimate of drug-likeness (QED) is 0.738. The standard InChI is InChI=1S/C20H24N2O3S/c1-14-8-10-15(11-9-14)19(23)22(16-6-4-3-5-7-16)12-18-21-17(13-26-18)20(24)25-2/h8-11,13,16H,3-7,12H2,1-2H3. The molecule has 1 aromatic heterocycles. The van der Waals surface area contributed by atoms with Gasteiger partial charge in [-0.15, -0.1) is 11.3 Å². The molecule has 0 bridgehead atoms. The first-order chi connectivity index (χ1) is 12.6. The molecule has 2 aromatic rings. The zero-order valence-corrected chi connectivity index (χ0v) is 16.1. The molecule has 1 aliphatic carbocycles. The number of amides is 1. The maximum absolute atomic E-state index is 13.2. The molecule has 5 nitrogen and oxygen atoms in total. The molecule has 1 heterocycles. The number of hydrogen-bond acceptors (Lipinski definition) is 5. The lowest BCUT2D eigenvalue weighted by atomic mass is 9.93. The van der Waals surface area contributed by atoms with Gasteiger partial charge in [0.1, 0.15) is 5.01 Å². The molecule has 1 saturated carbocycles. The highest BCUT2D eigenvalue weighted by Crippen LogP contribution is 2.26. The number of nitrogens with zero attached hydrogens (tertiary/aromatic N) is 2. The monoisotopic (exact) mass is 372 g/mol. The molecule has 26 heavy (non-hydrogen) atoms. The van der Waals surface area contributed by atoms with Gasteiger partial charge in [-0.2, -0.15) is 0 Å². The van der Waals surface area contributed by atoms with Crippen molar-refractivity contribution in [3.8, 4) is 0 Å². The Morgan fingerprint density at radius 3 is 2.54 bits per heavy atom. The highest BCUT2D eigenvalue weighted by molar-refractivity contribution is 7.09. The summed E-state index contributed by atoms with van der Waals surface area (Å²) in [5, 5.41) is 2.45. The topological polar surface area (TPSA) is 59.5 Å². The van der Waals surface area contributed by atoms with Crippen LogP contribution in [0.5, 0.6) is 0 Å². The van der Waals surface area contributed by atoms with E-state index in [4.69, 9.17) is 4.74 Å². The van der Waals surface area contributed by atoms with Crippen LogP contribution in [0, 0.1) is 6.92 Å². The van der Waals surface area contributed by atoms with Crippen LogP contribution in [0.4, 0.5) is 0 Å². The van der Waals surface area contributed by atoms with Crippen LogP contribution in [0.3, 0.4) is 0 Å². The van der Waals surface area contributed by atoms with Crippen LogP contribution >= 0.6 is 11.3 Å². The Labute approximate surface area is 158 Å². The number of ether oxygens (including phenoxy) is 1. The van der Waals surface area contributed by atoms with Crippen molar-refractivity contribution >= 4 is 23.2 Å². The number of rotatable bonds is 5. The molecule has 0 unspecified atom stereocenters. The molecule has 1 fully saturated rings. The van der Waals surface area contributed by atoms with Gasteiger partial charge in [0.2, 0.25) is 0 Å². The number of benzene rings is 1. The second-order valence-corrected chi connectivity index (χ2v) is 7.65. The highest BCUT2D eigenvalue weighted by atomic mass is 32.1. The van der Waals surface area contributed by atoms with E-state index < -0.39 is 5.97 Å². The van der Waals surface area contributed by atoms with Crippen molar-refractivity contribution in [2.24, 2.45) is 0 Å². The SMILES string of the molecule is COC(=O)c1csc(CN(C(=O)c2ccc(C)cc2)C2CCCCC2)n1. The molecule has 1 aliphatic rings. The number of esters is 1. The number of carbonyl (C=O) groups excluding carboxylic acids is 2. The van der Waals surface area contributed by atoms with Crippen LogP contribution in [0.2, 0.25) is 0 Å². The first-order valence-corrected chi connectivity index (χ1v) is 9.87. The Morgan fingerprint density at radius 2 is 1.88 bits per heavy atom. The second-order valence-electron chi connectivity index (χ2n) is 6.71. The van der Waals surface area contributed by atoms with Crippen molar-refractivity contribution < 1.29 is 14.3 Å². The van der Waals surface area contributed by atoms with Gasteiger partial charge < -0.3 is 9.64 Å². The fourth-order valence-corrected chi connectivity index (χ4v) is 4.11. The van der Waals surface area contributed by atoms with E-state index in [0.717, 1.165) is 36.3 Å². The maximum Gasteiger partial charge on any atom is 0.357 e. The third-order valence-electron chi connectivity index (χ3n) is 4.83. The van der Waals surface area contributed by atoms with Gasteiger partial charge in [0.05, 0.1) is 13.7 Å². The minimum Gasteiger partial charge on any atom is -0.464 e. The van der Waals surface area contributed by atoms with Crippen LogP contribution in [0.1, 0.15) is 63.5 Å². The fourth-order valence-electron chi connectivity index (χ4n) is 3.35. The molecule has 0 spiro atoms. The summed E-state index contributed by atoms with van der Waals surface area (Å²) < 4.78 is 4.72. The third kappa shape index (κ3) is 4.30. The molecular weight excluding hydrogens is 348 g/mol. The summed E-state index contributed by atoms with van der Waals surface area (Å²) in [5.74, 6) is -0.409. The van der Waals surface area contributed by atoms with Crippen molar-refractivity contribution in [2.45, 2.75) is 51.6 Å². The lowest BCUT2D eigenvalue weighted by Crippen LogP contribution is -2.41. The third-order valence-corrected chi connectivity index (χ3v) is 5.66. The van der Waals surface area contributed by atoms with Crippen molar-refractivity contribution in [2.75, 3.05) is 7.11 Å². The van der Waals surface area contributed by atoms with Crippen LogP contribution in [0.15, 0.2) is 29.6 Å². The molecule has 6 heteroatoms. The number of aryl methyl sites for hydroxylation is 1. The number of carbonyl (C=O) groups is 2. The fraction of sp³-hybridized carbons (Fsp3) is 0.450. The zero-order valence-electron chi connectivity index (χ0n) is 15.2. The maximum atomic E-state index is 13.2. The van der Waals surface area contributed by atoms with E-state index in [2.05, 4.69) is 4.98 Å². The van der Waals surface area contributed by atoms with E-state index in [1.54, 1.807) is 5.38 Å². The van der Waals surface area contributed by atoms with Crippen LogP contribution in [-0.2, 0) is 11.3 Å². The van der Waals surface area contributed by atoms with Gasteiger partial charge in [0.15, 0.2) is 5.69 Å². The molecule has 0 atom stereocenters. The van der Waals surface area contributed by atoms with Crippen LogP contribution < -0.4 is 0 Å². The van der Waals surface area contributed by atoms with Crippen LogP contribution in [0.25, 0.3) is 0 Å². The van der Waals surface area contributed by atoms with Gasteiger partial charge in [0.25, 0.3) is 5.91 Å². The first-order valence-electron chi connectivity index (χ1n) is 8.99. The second kappa shape index (κ2) is 8.45. The lowest BCUT2D eigenvalue weighted by molar-refractivity contribution is 0.0594. The molecule has 1 aromatic carbocycles. The minimum atomic E-state index is -0.443. The Morgan fingerprint density at radius 1 is 1.19 bits per heavy atom. The summed E-state index contributed by atoms with van der Waals surface area (Å²) in [6.07, 6.45) is 5.56. The van der Waals surface area contributed by atoms with Gasteiger partial charge in [-0.1, -0.05) is 37.0 Å². The van der Waals surface area contributed by atoms with Gasteiger partial charge in [-0.25, -0.2) is 9.78 Å². The van der Waals surface area contributed by atoms with Gasteiger partial charge in [-0.3, -0.25) is 4.79 Å². The Bertz CT molecular complexity index is 764. The van der Waals surface area contributed by atoms with E-state index in [1.807, 2.05) is 36.1 Å². The van der Waals surface area contributed by atoms with E-state index in [-0.39, 0.29) is 11.9 Å². The Balaban J connectivity index is 1.83. The molecule has 138 valence electrons. The highest BCUT2D eigenvalue weighted by Gasteiger charge is 2.27. The Hall–Kier alpha value is -2.21. The molecule has 0 saturated heterocycles. The number of thiazole rings is 1. The van der Waals surface area contributed by atoms with Crippen molar-refractivity contribution in [1.82, 2.24) is 9.88 Å². The summed E-state index contributed by atoms with van der Waals surface area (Å²) in [4.78, 5) is 31.1. The predicted molar refractivity (Wildman–Crippen MR) is 101 cm³/mol. The average molecular weight is 372 g/mol. The predicted octanol–water partition coefficient (Wildman–Crippen LogP) is 4.21. The van der Waals surface area contributed by atoms with E-state index >= 15 is 0 Å². The largest absolute Gasteiger partial charge is 0.464 e. The summed E-state index contributed by atoms with van der Waals surface area (Å²) in [6.45, 7) is 2.44.